The van der Waals surface area contributed by atoms with Crippen LogP contribution in [0.2, 0.25) is 0 Å². The molecule has 3 aromatic rings. The Bertz CT molecular complexity index is 1320. The highest BCUT2D eigenvalue weighted by molar-refractivity contribution is 7.71. The van der Waals surface area contributed by atoms with Gasteiger partial charge in [0.2, 0.25) is 0 Å². The van der Waals surface area contributed by atoms with Gasteiger partial charge in [-0.25, -0.2) is 0 Å². The van der Waals surface area contributed by atoms with Crippen LogP contribution in [0, 0.1) is 16.0 Å². The van der Waals surface area contributed by atoms with Gasteiger partial charge in [0.05, 0.1) is 12.2 Å². The van der Waals surface area contributed by atoms with Crippen molar-refractivity contribution in [3.63, 3.8) is 0 Å². The molecule has 1 saturated heterocycles. The molecule has 5 rings (SSSR count). The lowest BCUT2D eigenvalue weighted by atomic mass is 9.91. The van der Waals surface area contributed by atoms with Crippen molar-refractivity contribution < 1.29 is 25.2 Å². The number of rotatable bonds is 3. The SMILES string of the molecule is N#Cc1c(-c2cccc3ccccc23)c2c(n([C@@H]3O[C@H](CO)[C@H](O)[C@H](O)[C@H]3O)c1=S)CCC2. The average molecular weight is 465 g/mol. The Morgan fingerprint density at radius 2 is 1.79 bits per heavy atom. The van der Waals surface area contributed by atoms with Gasteiger partial charge in [-0.15, -0.1) is 0 Å². The molecule has 2 heterocycles. The van der Waals surface area contributed by atoms with Gasteiger partial charge < -0.3 is 29.7 Å². The molecule has 1 aliphatic heterocycles. The van der Waals surface area contributed by atoms with Gasteiger partial charge in [0, 0.05) is 11.3 Å². The summed E-state index contributed by atoms with van der Waals surface area (Å²) in [5.74, 6) is 0. The second-order valence-electron chi connectivity index (χ2n) is 8.56. The molecule has 0 radical (unpaired) electrons. The van der Waals surface area contributed by atoms with Gasteiger partial charge in [-0.1, -0.05) is 54.7 Å². The van der Waals surface area contributed by atoms with E-state index in [1.54, 1.807) is 4.57 Å². The number of pyridine rings is 1. The summed E-state index contributed by atoms with van der Waals surface area (Å²) < 4.78 is 7.62. The number of aromatic nitrogens is 1. The fourth-order valence-electron chi connectivity index (χ4n) is 5.17. The largest absolute Gasteiger partial charge is 0.394 e. The lowest BCUT2D eigenvalue weighted by molar-refractivity contribution is -0.252. The highest BCUT2D eigenvalue weighted by Crippen LogP contribution is 2.41. The van der Waals surface area contributed by atoms with E-state index >= 15 is 0 Å². The van der Waals surface area contributed by atoms with Crippen molar-refractivity contribution in [3.8, 4) is 17.2 Å². The summed E-state index contributed by atoms with van der Waals surface area (Å²) in [5, 5.41) is 53.2. The summed E-state index contributed by atoms with van der Waals surface area (Å²) >= 11 is 5.76. The summed E-state index contributed by atoms with van der Waals surface area (Å²) in [6, 6.07) is 16.2. The maximum atomic E-state index is 10.8. The summed E-state index contributed by atoms with van der Waals surface area (Å²) in [4.78, 5) is 0. The molecule has 0 saturated carbocycles. The van der Waals surface area contributed by atoms with E-state index in [0.29, 0.717) is 12.0 Å². The van der Waals surface area contributed by atoms with Gasteiger partial charge in [-0.2, -0.15) is 5.26 Å². The van der Waals surface area contributed by atoms with E-state index in [4.69, 9.17) is 17.0 Å². The van der Waals surface area contributed by atoms with Gasteiger partial charge in [0.15, 0.2) is 6.23 Å². The zero-order valence-electron chi connectivity index (χ0n) is 17.8. The van der Waals surface area contributed by atoms with Crippen LogP contribution in [0.25, 0.3) is 21.9 Å². The molecule has 8 heteroatoms. The van der Waals surface area contributed by atoms with Crippen LogP contribution < -0.4 is 0 Å². The normalized spacial score (nSPS) is 26.8. The molecule has 2 aliphatic rings. The molecular formula is C25H24N2O5S. The predicted octanol–water partition coefficient (Wildman–Crippen LogP) is 2.37. The van der Waals surface area contributed by atoms with Crippen molar-refractivity contribution >= 4 is 23.0 Å². The van der Waals surface area contributed by atoms with Crippen molar-refractivity contribution in [2.24, 2.45) is 0 Å². The van der Waals surface area contributed by atoms with Crippen LogP contribution in [0.1, 0.15) is 29.5 Å². The zero-order chi connectivity index (χ0) is 23.3. The van der Waals surface area contributed by atoms with Gasteiger partial charge in [-0.05, 0) is 41.2 Å². The molecule has 0 bridgehead atoms. The molecule has 5 atom stereocenters. The van der Waals surface area contributed by atoms with Crippen LogP contribution in [0.3, 0.4) is 0 Å². The molecule has 1 fully saturated rings. The first-order valence-electron chi connectivity index (χ1n) is 11.0. The number of benzene rings is 2. The van der Waals surface area contributed by atoms with Gasteiger partial charge in [0.1, 0.15) is 35.1 Å². The van der Waals surface area contributed by atoms with Crippen molar-refractivity contribution in [2.45, 2.75) is 49.9 Å². The molecule has 1 aromatic heterocycles. The third-order valence-corrected chi connectivity index (χ3v) is 7.16. The number of nitrogens with zero attached hydrogens (tertiary/aromatic N) is 2. The van der Waals surface area contributed by atoms with E-state index in [1.165, 1.54) is 0 Å². The topological polar surface area (TPSA) is 119 Å². The number of nitriles is 1. The van der Waals surface area contributed by atoms with Gasteiger partial charge >= 0.3 is 0 Å². The van der Waals surface area contributed by atoms with Crippen LogP contribution in [0.5, 0.6) is 0 Å². The third-order valence-electron chi connectivity index (χ3n) is 6.76. The van der Waals surface area contributed by atoms with Crippen molar-refractivity contribution in [1.82, 2.24) is 4.57 Å². The van der Waals surface area contributed by atoms with E-state index in [0.717, 1.165) is 46.0 Å². The Morgan fingerprint density at radius 1 is 1.03 bits per heavy atom. The number of hydrogen-bond donors (Lipinski definition) is 4. The first-order chi connectivity index (χ1) is 16.0. The Kier molecular flexibility index (Phi) is 5.79. The summed E-state index contributed by atoms with van der Waals surface area (Å²) in [6.07, 6.45) is -4.42. The zero-order valence-corrected chi connectivity index (χ0v) is 18.6. The number of aliphatic hydroxyl groups excluding tert-OH is 4. The summed E-state index contributed by atoms with van der Waals surface area (Å²) in [5.41, 5.74) is 3.83. The van der Waals surface area contributed by atoms with Crippen molar-refractivity contribution in [3.05, 3.63) is 63.9 Å². The van der Waals surface area contributed by atoms with Gasteiger partial charge in [0.25, 0.3) is 0 Å². The Labute approximate surface area is 195 Å². The molecule has 170 valence electrons. The van der Waals surface area contributed by atoms with E-state index < -0.39 is 37.3 Å². The van der Waals surface area contributed by atoms with Crippen LogP contribution >= 0.6 is 12.2 Å². The van der Waals surface area contributed by atoms with E-state index in [9.17, 15) is 25.7 Å². The number of hydrogen-bond acceptors (Lipinski definition) is 7. The van der Waals surface area contributed by atoms with Crippen molar-refractivity contribution in [1.29, 1.82) is 5.26 Å². The molecule has 0 unspecified atom stereocenters. The molecule has 1 aliphatic carbocycles. The van der Waals surface area contributed by atoms with Crippen LogP contribution in [0.4, 0.5) is 0 Å². The Morgan fingerprint density at radius 3 is 2.55 bits per heavy atom. The van der Waals surface area contributed by atoms with E-state index in [2.05, 4.69) is 6.07 Å². The minimum Gasteiger partial charge on any atom is -0.394 e. The quantitative estimate of drug-likeness (QED) is 0.440. The molecule has 33 heavy (non-hydrogen) atoms. The minimum atomic E-state index is -1.52. The molecule has 2 aromatic carbocycles. The second kappa shape index (κ2) is 8.61. The number of fused-ring (bicyclic) bond motifs is 2. The first kappa shape index (κ1) is 22.2. The lowest BCUT2D eigenvalue weighted by Crippen LogP contribution is -2.56. The van der Waals surface area contributed by atoms with Gasteiger partial charge in [-0.3, -0.25) is 0 Å². The molecule has 4 N–H and O–H groups in total. The average Bonchev–Trinajstić information content (AvgIpc) is 3.31. The first-order valence-corrected chi connectivity index (χ1v) is 11.4. The Hall–Kier alpha value is -2.64. The predicted molar refractivity (Wildman–Crippen MR) is 124 cm³/mol. The maximum Gasteiger partial charge on any atom is 0.164 e. The lowest BCUT2D eigenvalue weighted by Gasteiger charge is -2.41. The standard InChI is InChI=1S/C25H24N2O5S/c26-11-17-20(15-8-3-6-13-5-1-2-7-14(13)15)16-9-4-10-18(16)27(25(17)33)24-23(31)22(30)21(29)19(12-28)32-24/h1-3,5-8,19,21-24,28-31H,4,9-10,12H2/t19-,21+,22+,23-,24-/m1/s1. The fraction of sp³-hybridized carbons (Fsp3) is 0.360. The molecule has 0 amide bonds. The molecule has 0 spiro atoms. The van der Waals surface area contributed by atoms with Crippen molar-refractivity contribution in [2.75, 3.05) is 6.61 Å². The number of ether oxygens (including phenoxy) is 1. The smallest absolute Gasteiger partial charge is 0.164 e. The van der Waals surface area contributed by atoms with E-state index in [-0.39, 0.29) is 4.64 Å². The monoisotopic (exact) mass is 464 g/mol. The summed E-state index contributed by atoms with van der Waals surface area (Å²) in [6.45, 7) is -0.532. The van der Waals surface area contributed by atoms with Crippen LogP contribution in [0.15, 0.2) is 42.5 Å². The third kappa shape index (κ3) is 3.40. The Balaban J connectivity index is 1.77. The molecule has 7 nitrogen and oxygen atoms in total. The summed E-state index contributed by atoms with van der Waals surface area (Å²) in [7, 11) is 0. The highest BCUT2D eigenvalue weighted by Gasteiger charge is 2.45. The minimum absolute atomic E-state index is 0.199. The van der Waals surface area contributed by atoms with Crippen LogP contribution in [-0.2, 0) is 17.6 Å². The number of aliphatic hydroxyl groups is 4. The highest BCUT2D eigenvalue weighted by atomic mass is 32.1. The van der Waals surface area contributed by atoms with Crippen LogP contribution in [-0.4, -0.2) is 56.0 Å². The fourth-order valence-corrected chi connectivity index (χ4v) is 5.53. The second-order valence-corrected chi connectivity index (χ2v) is 8.95. The van der Waals surface area contributed by atoms with E-state index in [1.807, 2.05) is 42.5 Å². The maximum absolute atomic E-state index is 10.8. The molecular weight excluding hydrogens is 440 g/mol.